The molecule has 28 heavy (non-hydrogen) atoms. The zero-order chi connectivity index (χ0) is 20.8. The second-order valence-electron chi connectivity index (χ2n) is 7.08. The van der Waals surface area contributed by atoms with Crippen molar-refractivity contribution in [2.24, 2.45) is 0 Å². The highest BCUT2D eigenvalue weighted by Crippen LogP contribution is 2.22. The Kier molecular flexibility index (Phi) is 7.89. The molecule has 1 aromatic carbocycles. The normalized spacial score (nSPS) is 12.1. The summed E-state index contributed by atoms with van der Waals surface area (Å²) in [5.74, 6) is -0.397. The van der Waals surface area contributed by atoms with E-state index in [1.807, 2.05) is 45.9 Å². The number of rotatable bonds is 9. The van der Waals surface area contributed by atoms with Gasteiger partial charge in [-0.05, 0) is 63.9 Å². The van der Waals surface area contributed by atoms with Gasteiger partial charge in [0.2, 0.25) is 5.78 Å². The van der Waals surface area contributed by atoms with E-state index in [9.17, 15) is 9.59 Å². The van der Waals surface area contributed by atoms with Gasteiger partial charge in [0, 0.05) is 29.0 Å². The van der Waals surface area contributed by atoms with Gasteiger partial charge in [0.15, 0.2) is 6.61 Å². The largest absolute Gasteiger partial charge is 0.457 e. The standard InChI is InChI=1S/C22H29NO4S/c1-14-7-8-19(9-15(14)2)28-13-22(25)27-12-21(24)20-10-16(3)23(18(20)5)17(4)11-26-6/h7-10,17H,11-13H2,1-6H3/t17-/m0/s1. The highest BCUT2D eigenvalue weighted by Gasteiger charge is 2.20. The van der Waals surface area contributed by atoms with Crippen LogP contribution in [0.2, 0.25) is 0 Å². The number of aryl methyl sites for hydroxylation is 3. The van der Waals surface area contributed by atoms with E-state index in [0.717, 1.165) is 16.3 Å². The number of carbonyl (C=O) groups is 2. The number of methoxy groups -OCH3 is 1. The summed E-state index contributed by atoms with van der Waals surface area (Å²) in [6.45, 7) is 10.3. The van der Waals surface area contributed by atoms with E-state index in [1.165, 1.54) is 22.9 Å². The van der Waals surface area contributed by atoms with Crippen LogP contribution in [0.25, 0.3) is 0 Å². The first kappa shape index (κ1) is 22.2. The second-order valence-corrected chi connectivity index (χ2v) is 8.13. The van der Waals surface area contributed by atoms with Crippen LogP contribution in [0.4, 0.5) is 0 Å². The molecule has 5 nitrogen and oxygen atoms in total. The smallest absolute Gasteiger partial charge is 0.316 e. The lowest BCUT2D eigenvalue weighted by atomic mass is 10.1. The number of ketones is 1. The van der Waals surface area contributed by atoms with Crippen LogP contribution in [0, 0.1) is 27.7 Å². The highest BCUT2D eigenvalue weighted by atomic mass is 32.2. The molecule has 0 aliphatic rings. The number of Topliss-reactive ketones (excluding diaryl/α,β-unsaturated/α-hetero) is 1. The molecule has 152 valence electrons. The topological polar surface area (TPSA) is 57.5 Å². The van der Waals surface area contributed by atoms with Crippen molar-refractivity contribution in [2.45, 2.75) is 45.6 Å². The molecular formula is C22H29NO4S. The Hall–Kier alpha value is -2.05. The molecule has 0 saturated heterocycles. The quantitative estimate of drug-likeness (QED) is 0.352. The summed E-state index contributed by atoms with van der Waals surface area (Å²) in [5, 5.41) is 0. The van der Waals surface area contributed by atoms with Crippen molar-refractivity contribution in [2.75, 3.05) is 26.1 Å². The number of aromatic nitrogens is 1. The third-order valence-corrected chi connectivity index (χ3v) is 5.80. The highest BCUT2D eigenvalue weighted by molar-refractivity contribution is 8.00. The molecular weight excluding hydrogens is 374 g/mol. The van der Waals surface area contributed by atoms with Crippen molar-refractivity contribution < 1.29 is 19.1 Å². The van der Waals surface area contributed by atoms with Crippen LogP contribution in [0.15, 0.2) is 29.2 Å². The fraction of sp³-hybridized carbons (Fsp3) is 0.455. The van der Waals surface area contributed by atoms with Gasteiger partial charge in [-0.1, -0.05) is 6.07 Å². The lowest BCUT2D eigenvalue weighted by molar-refractivity contribution is -0.139. The van der Waals surface area contributed by atoms with E-state index < -0.39 is 5.97 Å². The Bertz CT molecular complexity index is 856. The SMILES string of the molecule is COC[C@H](C)n1c(C)cc(C(=O)COC(=O)CSc2ccc(C)c(C)c2)c1C. The molecule has 1 heterocycles. The summed E-state index contributed by atoms with van der Waals surface area (Å²) in [4.78, 5) is 25.6. The molecule has 0 aliphatic carbocycles. The molecule has 1 atom stereocenters. The molecule has 0 unspecified atom stereocenters. The maximum Gasteiger partial charge on any atom is 0.316 e. The second kappa shape index (κ2) is 9.94. The molecule has 2 aromatic rings. The molecule has 0 aliphatic heterocycles. The van der Waals surface area contributed by atoms with Crippen LogP contribution in [0.1, 0.15) is 45.8 Å². The van der Waals surface area contributed by atoms with Gasteiger partial charge in [-0.25, -0.2) is 0 Å². The molecule has 0 fully saturated rings. The number of ether oxygens (including phenoxy) is 2. The van der Waals surface area contributed by atoms with Crippen molar-refractivity contribution in [1.82, 2.24) is 4.57 Å². The average molecular weight is 404 g/mol. The monoisotopic (exact) mass is 403 g/mol. The molecule has 2 rings (SSSR count). The number of esters is 1. The summed E-state index contributed by atoms with van der Waals surface area (Å²) in [7, 11) is 1.66. The molecule has 0 amide bonds. The summed E-state index contributed by atoms with van der Waals surface area (Å²) < 4.78 is 12.5. The van der Waals surface area contributed by atoms with Gasteiger partial charge in [-0.3, -0.25) is 9.59 Å². The lowest BCUT2D eigenvalue weighted by Crippen LogP contribution is -2.17. The minimum atomic E-state index is -0.391. The predicted octanol–water partition coefficient (Wildman–Crippen LogP) is 4.45. The Morgan fingerprint density at radius 3 is 2.46 bits per heavy atom. The Morgan fingerprint density at radius 1 is 1.11 bits per heavy atom. The van der Waals surface area contributed by atoms with Crippen LogP contribution in [0.5, 0.6) is 0 Å². The number of thioether (sulfide) groups is 1. The molecule has 0 N–H and O–H groups in total. The first-order valence-corrected chi connectivity index (χ1v) is 10.3. The summed E-state index contributed by atoms with van der Waals surface area (Å²) in [6, 6.07) is 8.05. The van der Waals surface area contributed by atoms with E-state index in [4.69, 9.17) is 9.47 Å². The molecule has 1 aromatic heterocycles. The van der Waals surface area contributed by atoms with E-state index in [1.54, 1.807) is 7.11 Å². The first-order chi connectivity index (χ1) is 13.2. The number of carbonyl (C=O) groups excluding carboxylic acids is 2. The number of nitrogens with zero attached hydrogens (tertiary/aromatic N) is 1. The van der Waals surface area contributed by atoms with Gasteiger partial charge in [0.05, 0.1) is 18.4 Å². The van der Waals surface area contributed by atoms with Gasteiger partial charge in [0.25, 0.3) is 0 Å². The molecule has 6 heteroatoms. The number of hydrogen-bond acceptors (Lipinski definition) is 5. The van der Waals surface area contributed by atoms with Crippen molar-refractivity contribution in [3.63, 3.8) is 0 Å². The van der Waals surface area contributed by atoms with Crippen molar-refractivity contribution in [3.8, 4) is 0 Å². The third-order valence-electron chi connectivity index (χ3n) is 4.83. The number of benzene rings is 1. The van der Waals surface area contributed by atoms with Crippen LogP contribution in [-0.4, -0.2) is 42.4 Å². The fourth-order valence-corrected chi connectivity index (χ4v) is 4.06. The van der Waals surface area contributed by atoms with Gasteiger partial charge in [-0.2, -0.15) is 0 Å². The average Bonchev–Trinajstić information content (AvgIpc) is 2.95. The maximum absolute atomic E-state index is 12.5. The van der Waals surface area contributed by atoms with Crippen LogP contribution >= 0.6 is 11.8 Å². The minimum absolute atomic E-state index is 0.128. The van der Waals surface area contributed by atoms with Crippen molar-refractivity contribution in [3.05, 3.63) is 52.3 Å². The van der Waals surface area contributed by atoms with Crippen molar-refractivity contribution >= 4 is 23.5 Å². The van der Waals surface area contributed by atoms with Gasteiger partial charge < -0.3 is 14.0 Å². The minimum Gasteiger partial charge on any atom is -0.457 e. The maximum atomic E-state index is 12.5. The van der Waals surface area contributed by atoms with Crippen molar-refractivity contribution in [1.29, 1.82) is 0 Å². The van der Waals surface area contributed by atoms with Crippen LogP contribution in [-0.2, 0) is 14.3 Å². The van der Waals surface area contributed by atoms with Gasteiger partial charge in [0.1, 0.15) is 0 Å². The Morgan fingerprint density at radius 2 is 1.82 bits per heavy atom. The summed E-state index contributed by atoms with van der Waals surface area (Å²) in [5.41, 5.74) is 4.85. The lowest BCUT2D eigenvalue weighted by Gasteiger charge is -2.17. The van der Waals surface area contributed by atoms with E-state index in [2.05, 4.69) is 17.6 Å². The Labute approximate surface area is 171 Å². The van der Waals surface area contributed by atoms with Crippen LogP contribution in [0.3, 0.4) is 0 Å². The first-order valence-electron chi connectivity index (χ1n) is 9.30. The zero-order valence-electron chi connectivity index (χ0n) is 17.5. The van der Waals surface area contributed by atoms with E-state index in [-0.39, 0.29) is 24.2 Å². The van der Waals surface area contributed by atoms with E-state index in [0.29, 0.717) is 12.2 Å². The molecule has 0 radical (unpaired) electrons. The molecule has 0 bridgehead atoms. The summed E-state index contributed by atoms with van der Waals surface area (Å²) >= 11 is 1.41. The molecule has 0 saturated carbocycles. The van der Waals surface area contributed by atoms with E-state index >= 15 is 0 Å². The fourth-order valence-electron chi connectivity index (χ4n) is 3.26. The predicted molar refractivity (Wildman–Crippen MR) is 112 cm³/mol. The van der Waals surface area contributed by atoms with Gasteiger partial charge >= 0.3 is 5.97 Å². The summed E-state index contributed by atoms with van der Waals surface area (Å²) in [6.07, 6.45) is 0. The Balaban J connectivity index is 1.92. The zero-order valence-corrected chi connectivity index (χ0v) is 18.3. The molecule has 0 spiro atoms. The van der Waals surface area contributed by atoms with Gasteiger partial charge in [-0.15, -0.1) is 11.8 Å². The third kappa shape index (κ3) is 5.49. The van der Waals surface area contributed by atoms with Crippen LogP contribution < -0.4 is 0 Å². The number of hydrogen-bond donors (Lipinski definition) is 0.